The van der Waals surface area contributed by atoms with Crippen LogP contribution in [0.3, 0.4) is 0 Å². The molecule has 0 atom stereocenters. The van der Waals surface area contributed by atoms with E-state index in [0.29, 0.717) is 16.9 Å². The number of carbonyl (C=O) groups excluding carboxylic acids is 1. The SMILES string of the molecule is N#CCN(CC#N)C(=O)c1sccc1C#CCCO. The Labute approximate surface area is 115 Å². The van der Waals surface area contributed by atoms with Crippen molar-refractivity contribution in [3.05, 3.63) is 21.9 Å². The Morgan fingerprint density at radius 3 is 2.63 bits per heavy atom. The molecule has 1 rings (SSSR count). The van der Waals surface area contributed by atoms with Gasteiger partial charge < -0.3 is 10.0 Å². The van der Waals surface area contributed by atoms with Crippen molar-refractivity contribution in [3.63, 3.8) is 0 Å². The second-order valence-electron chi connectivity index (χ2n) is 3.42. The van der Waals surface area contributed by atoms with Crippen LogP contribution in [0.25, 0.3) is 0 Å². The largest absolute Gasteiger partial charge is 0.395 e. The molecular weight excluding hydrogens is 262 g/mol. The quantitative estimate of drug-likeness (QED) is 0.654. The summed E-state index contributed by atoms with van der Waals surface area (Å²) in [6, 6.07) is 5.42. The maximum Gasteiger partial charge on any atom is 0.266 e. The highest BCUT2D eigenvalue weighted by Gasteiger charge is 2.19. The molecule has 0 aliphatic heterocycles. The van der Waals surface area contributed by atoms with Crippen LogP contribution in [0.2, 0.25) is 0 Å². The molecule has 0 aromatic carbocycles. The van der Waals surface area contributed by atoms with Crippen molar-refractivity contribution in [1.82, 2.24) is 4.90 Å². The molecule has 1 heterocycles. The van der Waals surface area contributed by atoms with E-state index in [-0.39, 0.29) is 25.6 Å². The topological polar surface area (TPSA) is 88.1 Å². The molecule has 0 spiro atoms. The van der Waals surface area contributed by atoms with Crippen molar-refractivity contribution < 1.29 is 9.90 Å². The lowest BCUT2D eigenvalue weighted by Gasteiger charge is -2.14. The minimum Gasteiger partial charge on any atom is -0.395 e. The molecule has 1 aromatic rings. The summed E-state index contributed by atoms with van der Waals surface area (Å²) in [6.45, 7) is -0.295. The Balaban J connectivity index is 2.94. The summed E-state index contributed by atoms with van der Waals surface area (Å²) < 4.78 is 0. The zero-order chi connectivity index (χ0) is 14.1. The molecule has 0 unspecified atom stereocenters. The lowest BCUT2D eigenvalue weighted by Crippen LogP contribution is -2.31. The van der Waals surface area contributed by atoms with Gasteiger partial charge in [0, 0.05) is 12.0 Å². The number of nitriles is 2. The molecule has 0 saturated heterocycles. The maximum absolute atomic E-state index is 12.2. The lowest BCUT2D eigenvalue weighted by molar-refractivity contribution is 0.0799. The van der Waals surface area contributed by atoms with Gasteiger partial charge in [0.2, 0.25) is 0 Å². The number of aliphatic hydroxyl groups is 1. The van der Waals surface area contributed by atoms with Gasteiger partial charge >= 0.3 is 0 Å². The van der Waals surface area contributed by atoms with E-state index < -0.39 is 0 Å². The summed E-state index contributed by atoms with van der Waals surface area (Å²) in [5.74, 6) is 5.17. The van der Waals surface area contributed by atoms with E-state index in [2.05, 4.69) is 11.8 Å². The number of aliphatic hydroxyl groups excluding tert-OH is 1. The normalized spacial score (nSPS) is 8.79. The van der Waals surface area contributed by atoms with Crippen LogP contribution < -0.4 is 0 Å². The molecule has 0 bridgehead atoms. The number of rotatable bonds is 4. The van der Waals surface area contributed by atoms with Crippen LogP contribution in [0.15, 0.2) is 11.4 Å². The molecule has 0 aliphatic carbocycles. The molecule has 0 aliphatic rings. The molecular formula is C13H11N3O2S. The molecule has 0 fully saturated rings. The van der Waals surface area contributed by atoms with Crippen LogP contribution in [-0.2, 0) is 0 Å². The van der Waals surface area contributed by atoms with Crippen molar-refractivity contribution in [3.8, 4) is 24.0 Å². The smallest absolute Gasteiger partial charge is 0.266 e. The summed E-state index contributed by atoms with van der Waals surface area (Å²) in [6.07, 6.45) is 0.337. The Hall–Kier alpha value is -2.33. The molecule has 0 radical (unpaired) electrons. The Morgan fingerprint density at radius 2 is 2.05 bits per heavy atom. The van der Waals surface area contributed by atoms with Gasteiger partial charge in [0.1, 0.15) is 18.0 Å². The van der Waals surface area contributed by atoms with Crippen LogP contribution in [0.1, 0.15) is 21.7 Å². The fourth-order valence-electron chi connectivity index (χ4n) is 1.30. The molecule has 1 N–H and O–H groups in total. The van der Waals surface area contributed by atoms with E-state index in [9.17, 15) is 4.79 Å². The third-order valence-electron chi connectivity index (χ3n) is 2.13. The predicted octanol–water partition coefficient (Wildman–Crippen LogP) is 0.971. The number of nitrogens with zero attached hydrogens (tertiary/aromatic N) is 3. The second-order valence-corrected chi connectivity index (χ2v) is 4.33. The van der Waals surface area contributed by atoms with E-state index in [0.717, 1.165) is 0 Å². The summed E-state index contributed by atoms with van der Waals surface area (Å²) in [5, 5.41) is 27.7. The monoisotopic (exact) mass is 273 g/mol. The van der Waals surface area contributed by atoms with E-state index in [4.69, 9.17) is 15.6 Å². The highest BCUT2D eigenvalue weighted by atomic mass is 32.1. The number of hydrogen-bond acceptors (Lipinski definition) is 5. The lowest BCUT2D eigenvalue weighted by atomic mass is 10.2. The summed E-state index contributed by atoms with van der Waals surface area (Å²) in [5.41, 5.74) is 0.560. The fourth-order valence-corrected chi connectivity index (χ4v) is 2.12. The summed E-state index contributed by atoms with van der Waals surface area (Å²) in [4.78, 5) is 13.7. The van der Waals surface area contributed by atoms with Gasteiger partial charge in [-0.25, -0.2) is 0 Å². The van der Waals surface area contributed by atoms with Crippen LogP contribution >= 0.6 is 11.3 Å². The van der Waals surface area contributed by atoms with Crippen molar-refractivity contribution in [1.29, 1.82) is 10.5 Å². The van der Waals surface area contributed by atoms with E-state index >= 15 is 0 Å². The first-order chi connectivity index (χ1) is 9.24. The average molecular weight is 273 g/mol. The third kappa shape index (κ3) is 4.12. The number of thiophene rings is 1. The van der Waals surface area contributed by atoms with Crippen LogP contribution in [0, 0.1) is 34.5 Å². The fraction of sp³-hybridized carbons (Fsp3) is 0.308. The Bertz CT molecular complexity index is 568. The van der Waals surface area contributed by atoms with Crippen LogP contribution in [0.4, 0.5) is 0 Å². The van der Waals surface area contributed by atoms with Gasteiger partial charge in [0.15, 0.2) is 0 Å². The van der Waals surface area contributed by atoms with Crippen molar-refractivity contribution in [2.75, 3.05) is 19.7 Å². The molecule has 5 nitrogen and oxygen atoms in total. The standard InChI is InChI=1S/C13H11N3O2S/c14-5-7-16(8-6-15)13(18)12-11(4-10-19-12)3-1-2-9-17/h4,10,17H,2,7-9H2. The molecule has 6 heteroatoms. The Kier molecular flexibility index (Phi) is 6.12. The van der Waals surface area contributed by atoms with Crippen molar-refractivity contribution in [2.24, 2.45) is 0 Å². The molecule has 1 aromatic heterocycles. The van der Waals surface area contributed by atoms with Gasteiger partial charge in [0.25, 0.3) is 5.91 Å². The summed E-state index contributed by atoms with van der Waals surface area (Å²) in [7, 11) is 0. The van der Waals surface area contributed by atoms with Crippen LogP contribution in [-0.4, -0.2) is 35.6 Å². The highest BCUT2D eigenvalue weighted by Crippen LogP contribution is 2.18. The van der Waals surface area contributed by atoms with Gasteiger partial charge in [0.05, 0.1) is 18.7 Å². The molecule has 0 saturated carbocycles. The third-order valence-corrected chi connectivity index (χ3v) is 3.03. The van der Waals surface area contributed by atoms with Gasteiger partial charge in [-0.15, -0.1) is 11.3 Å². The van der Waals surface area contributed by atoms with E-state index in [1.807, 2.05) is 12.1 Å². The summed E-state index contributed by atoms with van der Waals surface area (Å²) >= 11 is 1.22. The minimum absolute atomic E-state index is 0.0323. The van der Waals surface area contributed by atoms with Gasteiger partial charge in [-0.2, -0.15) is 10.5 Å². The van der Waals surface area contributed by atoms with Crippen LogP contribution in [0.5, 0.6) is 0 Å². The van der Waals surface area contributed by atoms with E-state index in [1.165, 1.54) is 16.2 Å². The first-order valence-corrected chi connectivity index (χ1v) is 6.33. The second kappa shape index (κ2) is 7.89. The maximum atomic E-state index is 12.2. The average Bonchev–Trinajstić information content (AvgIpc) is 2.86. The first kappa shape index (κ1) is 14.7. The minimum atomic E-state index is -0.369. The zero-order valence-electron chi connectivity index (χ0n) is 10.1. The number of carbonyl (C=O) groups is 1. The molecule has 96 valence electrons. The van der Waals surface area contributed by atoms with E-state index in [1.54, 1.807) is 11.4 Å². The van der Waals surface area contributed by atoms with Crippen molar-refractivity contribution in [2.45, 2.75) is 6.42 Å². The molecule has 19 heavy (non-hydrogen) atoms. The first-order valence-electron chi connectivity index (χ1n) is 5.45. The van der Waals surface area contributed by atoms with Gasteiger partial charge in [-0.3, -0.25) is 4.79 Å². The van der Waals surface area contributed by atoms with Gasteiger partial charge in [-0.05, 0) is 11.4 Å². The van der Waals surface area contributed by atoms with Gasteiger partial charge in [-0.1, -0.05) is 11.8 Å². The van der Waals surface area contributed by atoms with Crippen molar-refractivity contribution >= 4 is 17.2 Å². The molecule has 1 amide bonds. The zero-order valence-corrected chi connectivity index (χ0v) is 10.9. The number of amides is 1. The predicted molar refractivity (Wildman–Crippen MR) is 70.0 cm³/mol. The highest BCUT2D eigenvalue weighted by molar-refractivity contribution is 7.12. The Morgan fingerprint density at radius 1 is 1.37 bits per heavy atom. The number of hydrogen-bond donors (Lipinski definition) is 1.